The number of likely N-dealkylation sites (tertiary alicyclic amines) is 1. The molecule has 1 aromatic rings. The van der Waals surface area contributed by atoms with Gasteiger partial charge in [0.05, 0.1) is 5.92 Å². The highest BCUT2D eigenvalue weighted by molar-refractivity contribution is 7.10. The van der Waals surface area contributed by atoms with Crippen LogP contribution in [0.25, 0.3) is 0 Å². The van der Waals surface area contributed by atoms with Gasteiger partial charge >= 0.3 is 0 Å². The summed E-state index contributed by atoms with van der Waals surface area (Å²) < 4.78 is 0. The average molecular weight is 392 g/mol. The maximum absolute atomic E-state index is 12.5. The summed E-state index contributed by atoms with van der Waals surface area (Å²) >= 11 is 1.75. The van der Waals surface area contributed by atoms with E-state index in [1.807, 2.05) is 11.8 Å². The van der Waals surface area contributed by atoms with Gasteiger partial charge in [0, 0.05) is 50.4 Å². The second-order valence-corrected chi connectivity index (χ2v) is 8.40. The Morgan fingerprint density at radius 1 is 1.19 bits per heavy atom. The Morgan fingerprint density at radius 3 is 2.74 bits per heavy atom. The molecule has 1 atom stereocenters. The molecular formula is C20H29N3O3S. The van der Waals surface area contributed by atoms with Gasteiger partial charge in [-0.1, -0.05) is 6.92 Å². The second kappa shape index (κ2) is 9.35. The van der Waals surface area contributed by atoms with E-state index in [1.165, 1.54) is 10.4 Å². The molecule has 6 nitrogen and oxygen atoms in total. The number of thiophene rings is 1. The Kier molecular flexibility index (Phi) is 6.88. The van der Waals surface area contributed by atoms with Crippen LogP contribution >= 0.6 is 11.3 Å². The summed E-state index contributed by atoms with van der Waals surface area (Å²) in [7, 11) is 0. The highest BCUT2D eigenvalue weighted by atomic mass is 32.1. The lowest BCUT2D eigenvalue weighted by Gasteiger charge is -2.32. The zero-order valence-electron chi connectivity index (χ0n) is 16.0. The maximum atomic E-state index is 12.5. The highest BCUT2D eigenvalue weighted by Gasteiger charge is 2.29. The Labute approximate surface area is 164 Å². The number of piperidine rings is 1. The molecule has 0 aliphatic carbocycles. The minimum Gasteiger partial charge on any atom is -0.356 e. The van der Waals surface area contributed by atoms with E-state index >= 15 is 0 Å². The summed E-state index contributed by atoms with van der Waals surface area (Å²) in [5.74, 6) is -0.0339. The lowest BCUT2D eigenvalue weighted by atomic mass is 9.96. The predicted molar refractivity (Wildman–Crippen MR) is 105 cm³/mol. The second-order valence-electron chi connectivity index (χ2n) is 7.40. The summed E-state index contributed by atoms with van der Waals surface area (Å²) in [6, 6.07) is 2.09. The number of fused-ring (bicyclic) bond motifs is 1. The Morgan fingerprint density at radius 2 is 1.96 bits per heavy atom. The molecule has 3 amide bonds. The number of nitrogens with zero attached hydrogens (tertiary/aromatic N) is 2. The normalized spacial score (nSPS) is 19.5. The van der Waals surface area contributed by atoms with Crippen LogP contribution in [0.3, 0.4) is 0 Å². The van der Waals surface area contributed by atoms with Crippen molar-refractivity contribution in [2.45, 2.75) is 52.0 Å². The molecule has 1 saturated heterocycles. The van der Waals surface area contributed by atoms with Crippen molar-refractivity contribution in [2.75, 3.05) is 26.2 Å². The zero-order valence-corrected chi connectivity index (χ0v) is 16.9. The fourth-order valence-corrected chi connectivity index (χ4v) is 4.69. The quantitative estimate of drug-likeness (QED) is 0.808. The standard InChI is InChI=1S/C20H29N3O3S/c1-2-9-21-20(26)16-4-3-10-22(14-16)18(24)5-6-19(25)23-11-7-17-15(13-23)8-12-27-17/h8,12,16H,2-7,9-11,13-14H2,1H3,(H,21,26). The van der Waals surface area contributed by atoms with E-state index in [2.05, 4.69) is 16.8 Å². The molecular weight excluding hydrogens is 362 g/mol. The molecule has 1 N–H and O–H groups in total. The number of carbonyl (C=O) groups excluding carboxylic acids is 3. The molecule has 148 valence electrons. The van der Waals surface area contributed by atoms with Gasteiger partial charge in [0.15, 0.2) is 0 Å². The van der Waals surface area contributed by atoms with Gasteiger partial charge in [-0.25, -0.2) is 0 Å². The van der Waals surface area contributed by atoms with Crippen LogP contribution in [0.15, 0.2) is 11.4 Å². The number of carbonyl (C=O) groups is 3. The molecule has 0 saturated carbocycles. The SMILES string of the molecule is CCCNC(=O)C1CCCN(C(=O)CCC(=O)N2CCc3sccc3C2)C1. The Balaban J connectivity index is 1.44. The predicted octanol–water partition coefficient (Wildman–Crippen LogP) is 2.18. The van der Waals surface area contributed by atoms with E-state index in [-0.39, 0.29) is 36.5 Å². The number of hydrogen-bond donors (Lipinski definition) is 1. The number of hydrogen-bond acceptors (Lipinski definition) is 4. The van der Waals surface area contributed by atoms with Crippen LogP contribution in [0.5, 0.6) is 0 Å². The van der Waals surface area contributed by atoms with Gasteiger partial charge < -0.3 is 15.1 Å². The fraction of sp³-hybridized carbons (Fsp3) is 0.650. The lowest BCUT2D eigenvalue weighted by Crippen LogP contribution is -2.45. The van der Waals surface area contributed by atoms with Gasteiger partial charge in [0.2, 0.25) is 17.7 Å². The van der Waals surface area contributed by atoms with Gasteiger partial charge in [0.1, 0.15) is 0 Å². The maximum Gasteiger partial charge on any atom is 0.224 e. The minimum atomic E-state index is -0.121. The van der Waals surface area contributed by atoms with Crippen molar-refractivity contribution < 1.29 is 14.4 Å². The van der Waals surface area contributed by atoms with Gasteiger partial charge in [-0.05, 0) is 42.7 Å². The summed E-state index contributed by atoms with van der Waals surface area (Å²) in [5.41, 5.74) is 1.24. The van der Waals surface area contributed by atoms with E-state index in [9.17, 15) is 14.4 Å². The topological polar surface area (TPSA) is 69.7 Å². The first-order chi connectivity index (χ1) is 13.1. The molecule has 2 aliphatic heterocycles. The molecule has 0 bridgehead atoms. The van der Waals surface area contributed by atoms with Gasteiger partial charge in [-0.2, -0.15) is 0 Å². The van der Waals surface area contributed by atoms with Gasteiger partial charge in [-0.15, -0.1) is 11.3 Å². The first kappa shape index (κ1) is 19.9. The summed E-state index contributed by atoms with van der Waals surface area (Å²) in [5, 5.41) is 5.00. The molecule has 1 aromatic heterocycles. The monoisotopic (exact) mass is 391 g/mol. The fourth-order valence-electron chi connectivity index (χ4n) is 3.80. The molecule has 0 radical (unpaired) electrons. The van der Waals surface area contributed by atoms with Crippen LogP contribution in [0.1, 0.15) is 49.5 Å². The van der Waals surface area contributed by atoms with Crippen LogP contribution in [0.2, 0.25) is 0 Å². The van der Waals surface area contributed by atoms with E-state index in [4.69, 9.17) is 0 Å². The van der Waals surface area contributed by atoms with E-state index in [0.717, 1.165) is 32.2 Å². The van der Waals surface area contributed by atoms with Crippen molar-refractivity contribution in [1.82, 2.24) is 15.1 Å². The largest absolute Gasteiger partial charge is 0.356 e. The Bertz CT molecular complexity index is 688. The zero-order chi connectivity index (χ0) is 19.2. The first-order valence-electron chi connectivity index (χ1n) is 9.97. The molecule has 1 unspecified atom stereocenters. The molecule has 3 rings (SSSR count). The highest BCUT2D eigenvalue weighted by Crippen LogP contribution is 2.24. The van der Waals surface area contributed by atoms with E-state index < -0.39 is 0 Å². The van der Waals surface area contributed by atoms with Crippen molar-refractivity contribution >= 4 is 29.1 Å². The van der Waals surface area contributed by atoms with Crippen molar-refractivity contribution in [3.63, 3.8) is 0 Å². The van der Waals surface area contributed by atoms with Gasteiger partial charge in [0.25, 0.3) is 0 Å². The minimum absolute atomic E-state index is 0.00965. The van der Waals surface area contributed by atoms with Crippen LogP contribution in [0.4, 0.5) is 0 Å². The lowest BCUT2D eigenvalue weighted by molar-refractivity contribution is -0.139. The Hall–Kier alpha value is -1.89. The van der Waals surface area contributed by atoms with Crippen molar-refractivity contribution in [3.05, 3.63) is 21.9 Å². The van der Waals surface area contributed by atoms with E-state index in [1.54, 1.807) is 16.2 Å². The van der Waals surface area contributed by atoms with Crippen LogP contribution < -0.4 is 5.32 Å². The molecule has 27 heavy (non-hydrogen) atoms. The van der Waals surface area contributed by atoms with E-state index in [0.29, 0.717) is 26.2 Å². The third kappa shape index (κ3) is 5.09. The molecule has 0 spiro atoms. The number of amides is 3. The third-order valence-corrected chi connectivity index (χ3v) is 6.43. The smallest absolute Gasteiger partial charge is 0.224 e. The summed E-state index contributed by atoms with van der Waals surface area (Å²) in [6.45, 7) is 5.27. The molecule has 7 heteroatoms. The van der Waals surface area contributed by atoms with Crippen LogP contribution in [-0.4, -0.2) is 53.7 Å². The number of rotatable bonds is 6. The summed E-state index contributed by atoms with van der Waals surface area (Å²) in [6.07, 6.45) is 3.97. The van der Waals surface area contributed by atoms with Crippen molar-refractivity contribution in [3.8, 4) is 0 Å². The first-order valence-corrected chi connectivity index (χ1v) is 10.8. The van der Waals surface area contributed by atoms with Crippen molar-refractivity contribution in [1.29, 1.82) is 0 Å². The molecule has 0 aromatic carbocycles. The number of nitrogens with one attached hydrogen (secondary N) is 1. The average Bonchev–Trinajstić information content (AvgIpc) is 3.17. The van der Waals surface area contributed by atoms with Crippen molar-refractivity contribution in [2.24, 2.45) is 5.92 Å². The van der Waals surface area contributed by atoms with Gasteiger partial charge in [-0.3, -0.25) is 14.4 Å². The third-order valence-electron chi connectivity index (χ3n) is 5.41. The van der Waals surface area contributed by atoms with Crippen LogP contribution in [-0.2, 0) is 27.3 Å². The molecule has 2 aliphatic rings. The molecule has 3 heterocycles. The van der Waals surface area contributed by atoms with Crippen LogP contribution in [0, 0.1) is 5.92 Å². The summed E-state index contributed by atoms with van der Waals surface area (Å²) in [4.78, 5) is 42.2. The molecule has 1 fully saturated rings.